The Balaban J connectivity index is 2.86. The summed E-state index contributed by atoms with van der Waals surface area (Å²) >= 11 is 3.51. The fraction of sp³-hybridized carbons (Fsp3) is 0.571. The van der Waals surface area contributed by atoms with E-state index in [1.807, 2.05) is 13.1 Å². The molecule has 3 nitrogen and oxygen atoms in total. The van der Waals surface area contributed by atoms with Crippen molar-refractivity contribution < 1.29 is 9.47 Å². The zero-order valence-corrected chi connectivity index (χ0v) is 13.3. The van der Waals surface area contributed by atoms with Crippen LogP contribution < -0.4 is 10.1 Å². The van der Waals surface area contributed by atoms with Crippen LogP contribution >= 0.6 is 15.9 Å². The van der Waals surface area contributed by atoms with Crippen LogP contribution in [0.5, 0.6) is 5.75 Å². The first-order valence-corrected chi connectivity index (χ1v) is 6.78. The summed E-state index contributed by atoms with van der Waals surface area (Å²) in [6, 6.07) is 6.41. The van der Waals surface area contributed by atoms with Crippen LogP contribution in [0.1, 0.15) is 19.4 Å². The molecular formula is C14H22BrNO2. The predicted molar refractivity (Wildman–Crippen MR) is 78.3 cm³/mol. The molecule has 0 aliphatic carbocycles. The Morgan fingerprint density at radius 2 is 2.00 bits per heavy atom. The number of hydrogen-bond donors (Lipinski definition) is 1. The number of rotatable bonds is 6. The van der Waals surface area contributed by atoms with Crippen LogP contribution in [-0.4, -0.2) is 32.9 Å². The average molecular weight is 316 g/mol. The van der Waals surface area contributed by atoms with Crippen LogP contribution in [0.3, 0.4) is 0 Å². The SMILES string of the molecule is CNC(Cc1ccc(OC)c(Br)c1)C(C)(C)OC. The molecule has 0 saturated carbocycles. The average Bonchev–Trinajstić information content (AvgIpc) is 2.35. The van der Waals surface area contributed by atoms with Gasteiger partial charge in [-0.2, -0.15) is 0 Å². The molecule has 1 rings (SSSR count). The van der Waals surface area contributed by atoms with E-state index >= 15 is 0 Å². The third-order valence-electron chi connectivity index (χ3n) is 3.37. The van der Waals surface area contributed by atoms with Crippen molar-refractivity contribution in [2.75, 3.05) is 21.3 Å². The summed E-state index contributed by atoms with van der Waals surface area (Å²) in [6.07, 6.45) is 0.903. The van der Waals surface area contributed by atoms with Gasteiger partial charge in [0, 0.05) is 13.2 Å². The molecule has 0 fully saturated rings. The summed E-state index contributed by atoms with van der Waals surface area (Å²) in [6.45, 7) is 4.18. The molecule has 102 valence electrons. The van der Waals surface area contributed by atoms with Crippen molar-refractivity contribution in [2.24, 2.45) is 0 Å². The highest BCUT2D eigenvalue weighted by atomic mass is 79.9. The standard InChI is InChI=1S/C14H22BrNO2/c1-14(2,18-5)13(16-3)9-10-6-7-12(17-4)11(15)8-10/h6-8,13,16H,9H2,1-5H3. The minimum atomic E-state index is -0.207. The highest BCUT2D eigenvalue weighted by Crippen LogP contribution is 2.27. The molecule has 0 saturated heterocycles. The summed E-state index contributed by atoms with van der Waals surface area (Å²) < 4.78 is 11.8. The molecule has 1 unspecified atom stereocenters. The lowest BCUT2D eigenvalue weighted by Crippen LogP contribution is -2.48. The zero-order valence-electron chi connectivity index (χ0n) is 11.7. The molecule has 1 aromatic carbocycles. The molecule has 1 aromatic rings. The molecule has 4 heteroatoms. The Bertz CT molecular complexity index is 393. The van der Waals surface area contributed by atoms with E-state index in [-0.39, 0.29) is 11.6 Å². The van der Waals surface area contributed by atoms with Crippen molar-refractivity contribution in [3.8, 4) is 5.75 Å². The first-order chi connectivity index (χ1) is 8.44. The minimum Gasteiger partial charge on any atom is -0.496 e. The summed E-state index contributed by atoms with van der Waals surface area (Å²) in [5.74, 6) is 0.853. The number of nitrogens with one attached hydrogen (secondary N) is 1. The number of ether oxygens (including phenoxy) is 2. The summed E-state index contributed by atoms with van der Waals surface area (Å²) in [4.78, 5) is 0. The summed E-state index contributed by atoms with van der Waals surface area (Å²) in [7, 11) is 5.38. The third-order valence-corrected chi connectivity index (χ3v) is 3.99. The van der Waals surface area contributed by atoms with E-state index in [1.165, 1.54) is 5.56 Å². The molecule has 1 N–H and O–H groups in total. The molecular weight excluding hydrogens is 294 g/mol. The maximum Gasteiger partial charge on any atom is 0.133 e. The van der Waals surface area contributed by atoms with Gasteiger partial charge in [-0.25, -0.2) is 0 Å². The quantitative estimate of drug-likeness (QED) is 0.875. The smallest absolute Gasteiger partial charge is 0.133 e. The maximum absolute atomic E-state index is 5.54. The van der Waals surface area contributed by atoms with E-state index in [1.54, 1.807) is 14.2 Å². The topological polar surface area (TPSA) is 30.5 Å². The van der Waals surface area contributed by atoms with Gasteiger partial charge in [-0.3, -0.25) is 0 Å². The Morgan fingerprint density at radius 3 is 2.44 bits per heavy atom. The predicted octanol–water partition coefficient (Wildman–Crippen LogP) is 3.01. The normalized spacial score (nSPS) is 13.4. The van der Waals surface area contributed by atoms with Gasteiger partial charge < -0.3 is 14.8 Å². The van der Waals surface area contributed by atoms with Crippen molar-refractivity contribution in [3.63, 3.8) is 0 Å². The van der Waals surface area contributed by atoms with Gasteiger partial charge in [0.2, 0.25) is 0 Å². The minimum absolute atomic E-state index is 0.207. The highest BCUT2D eigenvalue weighted by Gasteiger charge is 2.28. The molecule has 0 radical (unpaired) electrons. The van der Waals surface area contributed by atoms with Crippen molar-refractivity contribution in [2.45, 2.75) is 31.9 Å². The number of hydrogen-bond acceptors (Lipinski definition) is 3. The van der Waals surface area contributed by atoms with Gasteiger partial charge in [-0.15, -0.1) is 0 Å². The number of methoxy groups -OCH3 is 2. The van der Waals surface area contributed by atoms with Gasteiger partial charge in [0.15, 0.2) is 0 Å². The fourth-order valence-corrected chi connectivity index (χ4v) is 2.50. The molecule has 0 heterocycles. The van der Waals surface area contributed by atoms with Crippen LogP contribution in [0.25, 0.3) is 0 Å². The molecule has 0 bridgehead atoms. The number of benzene rings is 1. The molecule has 0 aromatic heterocycles. The largest absolute Gasteiger partial charge is 0.496 e. The lowest BCUT2D eigenvalue weighted by Gasteiger charge is -2.33. The van der Waals surface area contributed by atoms with Crippen LogP contribution in [0.15, 0.2) is 22.7 Å². The second-order valence-corrected chi connectivity index (χ2v) is 5.68. The molecule has 0 aliphatic rings. The van der Waals surface area contributed by atoms with Crippen molar-refractivity contribution in [3.05, 3.63) is 28.2 Å². The molecule has 18 heavy (non-hydrogen) atoms. The van der Waals surface area contributed by atoms with Crippen molar-refractivity contribution >= 4 is 15.9 Å². The first kappa shape index (κ1) is 15.5. The van der Waals surface area contributed by atoms with Crippen LogP contribution in [-0.2, 0) is 11.2 Å². The van der Waals surface area contributed by atoms with Gasteiger partial charge in [0.1, 0.15) is 5.75 Å². The Kier molecular flexibility index (Phi) is 5.63. The molecule has 1 atom stereocenters. The molecule has 0 amide bonds. The monoisotopic (exact) mass is 315 g/mol. The van der Waals surface area contributed by atoms with E-state index in [9.17, 15) is 0 Å². The van der Waals surface area contributed by atoms with Crippen LogP contribution in [0.4, 0.5) is 0 Å². The second-order valence-electron chi connectivity index (χ2n) is 4.82. The van der Waals surface area contributed by atoms with Gasteiger partial charge in [0.05, 0.1) is 17.2 Å². The summed E-state index contributed by atoms with van der Waals surface area (Å²) in [5, 5.41) is 3.32. The lowest BCUT2D eigenvalue weighted by atomic mass is 9.92. The number of halogens is 1. The highest BCUT2D eigenvalue weighted by molar-refractivity contribution is 9.10. The zero-order chi connectivity index (χ0) is 13.8. The number of likely N-dealkylation sites (N-methyl/N-ethyl adjacent to an activating group) is 1. The third kappa shape index (κ3) is 3.70. The van der Waals surface area contributed by atoms with E-state index in [0.29, 0.717) is 0 Å². The van der Waals surface area contributed by atoms with E-state index < -0.39 is 0 Å². The van der Waals surface area contributed by atoms with Gasteiger partial charge in [-0.1, -0.05) is 6.07 Å². The Morgan fingerprint density at radius 1 is 1.33 bits per heavy atom. The molecule has 0 aliphatic heterocycles. The van der Waals surface area contributed by atoms with Gasteiger partial charge in [0.25, 0.3) is 0 Å². The fourth-order valence-electron chi connectivity index (χ4n) is 1.91. The first-order valence-electron chi connectivity index (χ1n) is 5.99. The van der Waals surface area contributed by atoms with E-state index in [2.05, 4.69) is 47.2 Å². The Hall–Kier alpha value is -0.580. The lowest BCUT2D eigenvalue weighted by molar-refractivity contribution is -0.00797. The van der Waals surface area contributed by atoms with E-state index in [0.717, 1.165) is 16.6 Å². The van der Waals surface area contributed by atoms with E-state index in [4.69, 9.17) is 9.47 Å². The van der Waals surface area contributed by atoms with Crippen LogP contribution in [0, 0.1) is 0 Å². The van der Waals surface area contributed by atoms with Crippen molar-refractivity contribution in [1.82, 2.24) is 5.32 Å². The van der Waals surface area contributed by atoms with Gasteiger partial charge in [-0.05, 0) is 60.9 Å². The maximum atomic E-state index is 5.54. The van der Waals surface area contributed by atoms with Gasteiger partial charge >= 0.3 is 0 Å². The molecule has 0 spiro atoms. The summed E-state index contributed by atoms with van der Waals surface area (Å²) in [5.41, 5.74) is 1.04. The van der Waals surface area contributed by atoms with Crippen molar-refractivity contribution in [1.29, 1.82) is 0 Å². The Labute approximate surface area is 118 Å². The second kappa shape index (κ2) is 6.55. The van der Waals surface area contributed by atoms with Crippen LogP contribution in [0.2, 0.25) is 0 Å².